The number of thiophene rings is 1. The molecule has 0 aliphatic heterocycles. The molecule has 0 aliphatic carbocycles. The van der Waals surface area contributed by atoms with Crippen molar-refractivity contribution in [2.24, 2.45) is 0 Å². The molecule has 0 saturated carbocycles. The van der Waals surface area contributed by atoms with Crippen LogP contribution >= 0.6 is 11.3 Å². The zero-order chi connectivity index (χ0) is 15.9. The van der Waals surface area contributed by atoms with Gasteiger partial charge < -0.3 is 10.1 Å². The molecule has 0 spiro atoms. The summed E-state index contributed by atoms with van der Waals surface area (Å²) in [6.45, 7) is 2.85. The van der Waals surface area contributed by atoms with Crippen LogP contribution in [0.1, 0.15) is 13.8 Å². The van der Waals surface area contributed by atoms with Crippen LogP contribution in [0.3, 0.4) is 0 Å². The van der Waals surface area contributed by atoms with Crippen molar-refractivity contribution in [3.05, 3.63) is 65.9 Å². The Balaban J connectivity index is 0.000000287. The fourth-order valence-corrected chi connectivity index (χ4v) is 2.73. The van der Waals surface area contributed by atoms with Crippen molar-refractivity contribution in [1.82, 2.24) is 4.98 Å². The normalized spacial score (nSPS) is 10.4. The van der Waals surface area contributed by atoms with Crippen molar-refractivity contribution >= 4 is 27.2 Å². The van der Waals surface area contributed by atoms with Gasteiger partial charge in [-0.1, -0.05) is 6.07 Å². The van der Waals surface area contributed by atoms with Crippen molar-refractivity contribution in [2.45, 2.75) is 13.8 Å². The zero-order valence-electron chi connectivity index (χ0n) is 12.7. The third-order valence-electron chi connectivity index (χ3n) is 2.76. The van der Waals surface area contributed by atoms with E-state index in [1.165, 1.54) is 30.0 Å². The number of hydrogen-bond acceptors (Lipinski definition) is 4. The molecule has 1 aromatic carbocycles. The minimum atomic E-state index is -0.125. The maximum Gasteiger partial charge on any atom is 0.155 e. The molecule has 1 N–H and O–H groups in total. The third kappa shape index (κ3) is 5.71. The van der Waals surface area contributed by atoms with Crippen LogP contribution in [0.25, 0.3) is 21.3 Å². The molecule has 121 valence electrons. The predicted molar refractivity (Wildman–Crippen MR) is 91.0 cm³/mol. The number of hydrogen-bond donors (Lipinski definition) is 1. The predicted octanol–water partition coefficient (Wildman–Crippen LogP) is 4.80. The second-order valence-corrected chi connectivity index (χ2v) is 5.61. The van der Waals surface area contributed by atoms with Crippen LogP contribution in [0.4, 0.5) is 0 Å². The van der Waals surface area contributed by atoms with Crippen molar-refractivity contribution < 1.29 is 30.0 Å². The number of aromatic nitrogens is 1. The number of rotatable bonds is 2. The number of carbonyl (C=O) groups excluding carboxylic acids is 1. The van der Waals surface area contributed by atoms with Crippen LogP contribution in [-0.4, -0.2) is 15.9 Å². The largest absolute Gasteiger partial charge is 0.512 e. The van der Waals surface area contributed by atoms with Crippen molar-refractivity contribution in [3.63, 3.8) is 0 Å². The minimum absolute atomic E-state index is 0. The quantitative estimate of drug-likeness (QED) is 0.311. The van der Waals surface area contributed by atoms with Crippen LogP contribution in [0.15, 0.2) is 59.8 Å². The summed E-state index contributed by atoms with van der Waals surface area (Å²) >= 11 is 1.74. The SMILES string of the molecule is CC(=O)C=C(C)O.[Ir].[c-]1ccccc1-c1nccc2sccc12. The number of allylic oxidation sites excluding steroid dienone is 2. The molecule has 0 bridgehead atoms. The number of ketones is 1. The van der Waals surface area contributed by atoms with Crippen LogP contribution in [0.2, 0.25) is 0 Å². The van der Waals surface area contributed by atoms with E-state index in [0.717, 1.165) is 11.3 Å². The first-order chi connectivity index (χ1) is 10.6. The Hall–Kier alpha value is -1.81. The molecule has 3 aromatic rings. The molecule has 2 aromatic heterocycles. The van der Waals surface area contributed by atoms with Crippen molar-refractivity contribution in [2.75, 3.05) is 0 Å². The average molecular weight is 503 g/mol. The molecular formula is C18H16IrNO2S-. The smallest absolute Gasteiger partial charge is 0.155 e. The van der Waals surface area contributed by atoms with Gasteiger partial charge in [0.2, 0.25) is 0 Å². The maximum atomic E-state index is 10.0. The second kappa shape index (κ2) is 9.36. The molecule has 0 amide bonds. The first kappa shape index (κ1) is 19.2. The van der Waals surface area contributed by atoms with Gasteiger partial charge in [-0.3, -0.25) is 4.79 Å². The Morgan fingerprint density at radius 2 is 2.04 bits per heavy atom. The molecule has 2 heterocycles. The van der Waals surface area contributed by atoms with E-state index in [1.54, 1.807) is 11.3 Å². The van der Waals surface area contributed by atoms with E-state index in [1.807, 2.05) is 36.5 Å². The van der Waals surface area contributed by atoms with Crippen molar-refractivity contribution in [1.29, 1.82) is 0 Å². The Labute approximate surface area is 153 Å². The van der Waals surface area contributed by atoms with Crippen LogP contribution in [-0.2, 0) is 24.9 Å². The number of benzene rings is 1. The summed E-state index contributed by atoms with van der Waals surface area (Å²) in [5.41, 5.74) is 2.08. The first-order valence-electron chi connectivity index (χ1n) is 6.75. The van der Waals surface area contributed by atoms with Gasteiger partial charge in [0.15, 0.2) is 5.78 Å². The van der Waals surface area contributed by atoms with Crippen LogP contribution in [0.5, 0.6) is 0 Å². The Morgan fingerprint density at radius 3 is 2.61 bits per heavy atom. The Bertz CT molecular complexity index is 793. The minimum Gasteiger partial charge on any atom is -0.512 e. The number of fused-ring (bicyclic) bond motifs is 1. The average Bonchev–Trinajstić information content (AvgIpc) is 2.95. The Kier molecular flexibility index (Phi) is 7.82. The summed E-state index contributed by atoms with van der Waals surface area (Å²) < 4.78 is 1.28. The summed E-state index contributed by atoms with van der Waals surface area (Å²) in [6, 6.07) is 15.3. The number of aliphatic hydroxyl groups is 1. The van der Waals surface area contributed by atoms with E-state index < -0.39 is 0 Å². The summed E-state index contributed by atoms with van der Waals surface area (Å²) in [5, 5.41) is 11.7. The molecule has 3 rings (SSSR count). The van der Waals surface area contributed by atoms with Crippen LogP contribution < -0.4 is 0 Å². The second-order valence-electron chi connectivity index (χ2n) is 4.66. The van der Waals surface area contributed by atoms with E-state index >= 15 is 0 Å². The molecule has 0 unspecified atom stereocenters. The molecule has 23 heavy (non-hydrogen) atoms. The molecule has 3 nitrogen and oxygen atoms in total. The standard InChI is InChI=1S/C13H8NS.C5H8O2.Ir/c1-2-4-10(5-3-1)13-11-7-9-15-12(11)6-8-14-13;1-4(6)3-5(2)7;/h1-4,6-9H;3,6H,1-2H3;/q-1;;. The van der Waals surface area contributed by atoms with E-state index in [2.05, 4.69) is 22.5 Å². The van der Waals surface area contributed by atoms with Gasteiger partial charge in [0, 0.05) is 37.1 Å². The van der Waals surface area contributed by atoms with Crippen molar-refractivity contribution in [3.8, 4) is 11.3 Å². The number of nitrogens with zero attached hydrogens (tertiary/aromatic N) is 1. The third-order valence-corrected chi connectivity index (χ3v) is 3.64. The molecule has 0 aliphatic rings. The molecule has 0 saturated heterocycles. The molecular weight excluding hydrogens is 486 g/mol. The molecule has 5 heteroatoms. The van der Waals surface area contributed by atoms with Gasteiger partial charge in [-0.05, 0) is 36.4 Å². The summed E-state index contributed by atoms with van der Waals surface area (Å²) in [6.07, 6.45) is 3.02. The topological polar surface area (TPSA) is 50.2 Å². The summed E-state index contributed by atoms with van der Waals surface area (Å²) in [5.74, 6) is -0.0625. The fourth-order valence-electron chi connectivity index (χ4n) is 1.94. The van der Waals surface area contributed by atoms with Gasteiger partial charge in [0.25, 0.3) is 0 Å². The van der Waals surface area contributed by atoms with E-state index in [-0.39, 0.29) is 31.6 Å². The summed E-state index contributed by atoms with van der Waals surface area (Å²) in [4.78, 5) is 14.4. The van der Waals surface area contributed by atoms with Gasteiger partial charge in [-0.15, -0.1) is 47.2 Å². The van der Waals surface area contributed by atoms with E-state index in [0.29, 0.717) is 0 Å². The molecule has 0 atom stereocenters. The molecule has 0 fully saturated rings. The number of pyridine rings is 1. The van der Waals surface area contributed by atoms with Gasteiger partial charge in [0.1, 0.15) is 0 Å². The number of aliphatic hydroxyl groups excluding tert-OH is 1. The molecule has 1 radical (unpaired) electrons. The van der Waals surface area contributed by atoms with Gasteiger partial charge in [-0.2, -0.15) is 0 Å². The van der Waals surface area contributed by atoms with E-state index in [9.17, 15) is 4.79 Å². The van der Waals surface area contributed by atoms with E-state index in [4.69, 9.17) is 5.11 Å². The van der Waals surface area contributed by atoms with Gasteiger partial charge >= 0.3 is 0 Å². The fraction of sp³-hybridized carbons (Fsp3) is 0.111. The summed E-state index contributed by atoms with van der Waals surface area (Å²) in [7, 11) is 0. The first-order valence-corrected chi connectivity index (χ1v) is 7.63. The maximum absolute atomic E-state index is 10.0. The monoisotopic (exact) mass is 503 g/mol. The van der Waals surface area contributed by atoms with Crippen LogP contribution in [0, 0.1) is 6.07 Å². The van der Waals surface area contributed by atoms with Gasteiger partial charge in [-0.25, -0.2) is 0 Å². The number of carbonyl (C=O) groups is 1. The zero-order valence-corrected chi connectivity index (χ0v) is 16.0. The Morgan fingerprint density at radius 1 is 1.26 bits per heavy atom. The van der Waals surface area contributed by atoms with Gasteiger partial charge in [0.05, 0.1) is 5.76 Å².